The minimum atomic E-state index is -0.184. The molecule has 2 atom stereocenters. The van der Waals surface area contributed by atoms with Crippen LogP contribution in [0.4, 0.5) is 0 Å². The Bertz CT molecular complexity index is 334. The van der Waals surface area contributed by atoms with E-state index >= 15 is 0 Å². The van der Waals surface area contributed by atoms with Crippen LogP contribution < -0.4 is 5.32 Å². The fourth-order valence-electron chi connectivity index (χ4n) is 2.34. The van der Waals surface area contributed by atoms with Gasteiger partial charge in [-0.3, -0.25) is 9.59 Å². The van der Waals surface area contributed by atoms with Crippen molar-refractivity contribution in [1.82, 2.24) is 15.1 Å². The fraction of sp³-hybridized carbons (Fsp3) is 0.857. The number of amides is 2. The molecule has 1 heterocycles. The van der Waals surface area contributed by atoms with Crippen molar-refractivity contribution in [1.29, 1.82) is 0 Å². The molecular formula is C14H27N3O3. The SMILES string of the molecule is CCCN(CC(=O)N(C)C)C(=O)C1COCC1NCC. The van der Waals surface area contributed by atoms with Crippen molar-refractivity contribution in [2.45, 2.75) is 26.3 Å². The Morgan fingerprint density at radius 3 is 2.50 bits per heavy atom. The molecule has 0 bridgehead atoms. The first-order valence-electron chi connectivity index (χ1n) is 7.31. The van der Waals surface area contributed by atoms with E-state index in [2.05, 4.69) is 5.32 Å². The van der Waals surface area contributed by atoms with E-state index in [4.69, 9.17) is 4.74 Å². The third kappa shape index (κ3) is 4.45. The number of nitrogens with zero attached hydrogens (tertiary/aromatic N) is 2. The van der Waals surface area contributed by atoms with Crippen molar-refractivity contribution < 1.29 is 14.3 Å². The van der Waals surface area contributed by atoms with Crippen LogP contribution in [0.5, 0.6) is 0 Å². The number of nitrogens with one attached hydrogen (secondary N) is 1. The van der Waals surface area contributed by atoms with Gasteiger partial charge in [-0.1, -0.05) is 13.8 Å². The highest BCUT2D eigenvalue weighted by Gasteiger charge is 2.36. The van der Waals surface area contributed by atoms with E-state index in [-0.39, 0.29) is 30.3 Å². The van der Waals surface area contributed by atoms with E-state index in [0.29, 0.717) is 19.8 Å². The summed E-state index contributed by atoms with van der Waals surface area (Å²) in [5.41, 5.74) is 0. The number of ether oxygens (including phenoxy) is 1. The maximum absolute atomic E-state index is 12.6. The van der Waals surface area contributed by atoms with Gasteiger partial charge in [0, 0.05) is 26.7 Å². The van der Waals surface area contributed by atoms with Gasteiger partial charge in [-0.2, -0.15) is 0 Å². The summed E-state index contributed by atoms with van der Waals surface area (Å²) in [5.74, 6) is -0.215. The Morgan fingerprint density at radius 1 is 1.25 bits per heavy atom. The standard InChI is InChI=1S/C14H27N3O3/c1-5-7-17(8-13(18)16(3)4)14(19)11-9-20-10-12(11)15-6-2/h11-12,15H,5-10H2,1-4H3. The molecule has 0 aromatic heterocycles. The lowest BCUT2D eigenvalue weighted by molar-refractivity contribution is -0.142. The van der Waals surface area contributed by atoms with E-state index in [1.807, 2.05) is 13.8 Å². The molecule has 1 aliphatic rings. The largest absolute Gasteiger partial charge is 0.379 e. The number of likely N-dealkylation sites (N-methyl/N-ethyl adjacent to an activating group) is 2. The first kappa shape index (κ1) is 16.9. The zero-order chi connectivity index (χ0) is 15.1. The molecule has 6 heteroatoms. The Balaban J connectivity index is 2.69. The smallest absolute Gasteiger partial charge is 0.241 e. The average molecular weight is 285 g/mol. The van der Waals surface area contributed by atoms with E-state index in [1.165, 1.54) is 4.90 Å². The van der Waals surface area contributed by atoms with Crippen LogP contribution in [0.2, 0.25) is 0 Å². The highest BCUT2D eigenvalue weighted by molar-refractivity contribution is 5.86. The molecule has 0 saturated carbocycles. The molecule has 0 aliphatic carbocycles. The third-order valence-electron chi connectivity index (χ3n) is 3.49. The van der Waals surface area contributed by atoms with Crippen LogP contribution in [0.15, 0.2) is 0 Å². The Morgan fingerprint density at radius 2 is 1.95 bits per heavy atom. The summed E-state index contributed by atoms with van der Waals surface area (Å²) in [6, 6.07) is 0.0568. The second kappa shape index (κ2) is 8.21. The normalized spacial score (nSPS) is 21.8. The Hall–Kier alpha value is -1.14. The van der Waals surface area contributed by atoms with E-state index in [9.17, 15) is 9.59 Å². The molecule has 1 N–H and O–H groups in total. The Kier molecular flexibility index (Phi) is 6.95. The predicted octanol–water partition coefficient (Wildman–Crippen LogP) is -0.0623. The van der Waals surface area contributed by atoms with Gasteiger partial charge in [-0.25, -0.2) is 0 Å². The van der Waals surface area contributed by atoms with Crippen LogP contribution in [0.1, 0.15) is 20.3 Å². The van der Waals surface area contributed by atoms with Crippen molar-refractivity contribution in [2.75, 3.05) is 46.9 Å². The molecule has 0 spiro atoms. The zero-order valence-corrected chi connectivity index (χ0v) is 13.0. The van der Waals surface area contributed by atoms with Gasteiger partial charge < -0.3 is 19.9 Å². The first-order chi connectivity index (χ1) is 9.51. The van der Waals surface area contributed by atoms with Crippen molar-refractivity contribution in [3.8, 4) is 0 Å². The molecule has 2 unspecified atom stereocenters. The van der Waals surface area contributed by atoms with Crippen molar-refractivity contribution in [2.24, 2.45) is 5.92 Å². The molecule has 0 radical (unpaired) electrons. The third-order valence-corrected chi connectivity index (χ3v) is 3.49. The van der Waals surface area contributed by atoms with Gasteiger partial charge in [0.15, 0.2) is 0 Å². The second-order valence-electron chi connectivity index (χ2n) is 5.36. The van der Waals surface area contributed by atoms with Crippen molar-refractivity contribution in [3.05, 3.63) is 0 Å². The lowest BCUT2D eigenvalue weighted by Crippen LogP contribution is -2.48. The summed E-state index contributed by atoms with van der Waals surface area (Å²) in [6.07, 6.45) is 0.839. The second-order valence-corrected chi connectivity index (χ2v) is 5.36. The molecule has 0 aromatic carbocycles. The number of rotatable bonds is 7. The van der Waals surface area contributed by atoms with Crippen LogP contribution >= 0.6 is 0 Å². The topological polar surface area (TPSA) is 61.9 Å². The molecule has 0 aromatic rings. The quantitative estimate of drug-likeness (QED) is 0.712. The molecule has 1 aliphatic heterocycles. The van der Waals surface area contributed by atoms with Crippen molar-refractivity contribution in [3.63, 3.8) is 0 Å². The number of hydrogen-bond donors (Lipinski definition) is 1. The molecule has 6 nitrogen and oxygen atoms in total. The maximum Gasteiger partial charge on any atom is 0.241 e. The summed E-state index contributed by atoms with van der Waals surface area (Å²) >= 11 is 0. The highest BCUT2D eigenvalue weighted by atomic mass is 16.5. The molecule has 116 valence electrons. The molecule has 1 rings (SSSR count). The average Bonchev–Trinajstić information content (AvgIpc) is 2.85. The minimum absolute atomic E-state index is 0.0190. The molecular weight excluding hydrogens is 258 g/mol. The summed E-state index contributed by atoms with van der Waals surface area (Å²) in [4.78, 5) is 27.6. The monoisotopic (exact) mass is 285 g/mol. The highest BCUT2D eigenvalue weighted by Crippen LogP contribution is 2.17. The van der Waals surface area contributed by atoms with E-state index in [0.717, 1.165) is 13.0 Å². The van der Waals surface area contributed by atoms with Gasteiger partial charge in [0.05, 0.1) is 25.7 Å². The fourth-order valence-corrected chi connectivity index (χ4v) is 2.34. The van der Waals surface area contributed by atoms with Crippen LogP contribution in [0.3, 0.4) is 0 Å². The van der Waals surface area contributed by atoms with Gasteiger partial charge in [0.25, 0.3) is 0 Å². The zero-order valence-electron chi connectivity index (χ0n) is 13.0. The summed E-state index contributed by atoms with van der Waals surface area (Å²) < 4.78 is 5.42. The number of carbonyl (C=O) groups excluding carboxylic acids is 2. The van der Waals surface area contributed by atoms with Crippen LogP contribution in [-0.2, 0) is 14.3 Å². The first-order valence-corrected chi connectivity index (χ1v) is 7.31. The maximum atomic E-state index is 12.6. The molecule has 1 fully saturated rings. The molecule has 20 heavy (non-hydrogen) atoms. The Labute approximate surface area is 121 Å². The van der Waals surface area contributed by atoms with E-state index < -0.39 is 0 Å². The summed E-state index contributed by atoms with van der Waals surface area (Å²) in [7, 11) is 3.41. The predicted molar refractivity (Wildman–Crippen MR) is 77.3 cm³/mol. The summed E-state index contributed by atoms with van der Waals surface area (Å²) in [5, 5.41) is 3.28. The van der Waals surface area contributed by atoms with Crippen LogP contribution in [-0.4, -0.2) is 74.6 Å². The van der Waals surface area contributed by atoms with Gasteiger partial charge in [0.2, 0.25) is 11.8 Å². The minimum Gasteiger partial charge on any atom is -0.379 e. The van der Waals surface area contributed by atoms with E-state index in [1.54, 1.807) is 19.0 Å². The number of hydrogen-bond acceptors (Lipinski definition) is 4. The van der Waals surface area contributed by atoms with Gasteiger partial charge in [0.1, 0.15) is 0 Å². The number of carbonyl (C=O) groups is 2. The summed E-state index contributed by atoms with van der Waals surface area (Å²) in [6.45, 7) is 6.58. The van der Waals surface area contributed by atoms with Gasteiger partial charge >= 0.3 is 0 Å². The lowest BCUT2D eigenvalue weighted by Gasteiger charge is -2.28. The van der Waals surface area contributed by atoms with Gasteiger partial charge in [-0.15, -0.1) is 0 Å². The van der Waals surface area contributed by atoms with Crippen molar-refractivity contribution >= 4 is 11.8 Å². The lowest BCUT2D eigenvalue weighted by atomic mass is 10.0. The van der Waals surface area contributed by atoms with Crippen LogP contribution in [0.25, 0.3) is 0 Å². The van der Waals surface area contributed by atoms with Gasteiger partial charge in [-0.05, 0) is 13.0 Å². The molecule has 1 saturated heterocycles. The molecule has 2 amide bonds. The van der Waals surface area contributed by atoms with Crippen LogP contribution in [0, 0.1) is 5.92 Å².